The molecule has 9 aromatic rings. The number of hydrogen-bond acceptors (Lipinski definition) is 1. The molecule has 57 heavy (non-hydrogen) atoms. The average molecular weight is 739 g/mol. The van der Waals surface area contributed by atoms with Crippen LogP contribution in [0.2, 0.25) is 0 Å². The molecule has 2 heterocycles. The fourth-order valence-electron chi connectivity index (χ4n) is 11.9. The first-order valence-corrected chi connectivity index (χ1v) is 20.8. The van der Waals surface area contributed by atoms with Crippen LogP contribution in [0.25, 0.3) is 60.3 Å². The van der Waals surface area contributed by atoms with Crippen LogP contribution >= 0.6 is 0 Å². The monoisotopic (exact) mass is 738 g/mol. The summed E-state index contributed by atoms with van der Waals surface area (Å²) in [4.78, 5) is 2.27. The first kappa shape index (κ1) is 33.0. The van der Waals surface area contributed by atoms with Crippen molar-refractivity contribution in [3.8, 4) is 22.3 Å². The molecule has 0 unspecified atom stereocenters. The van der Waals surface area contributed by atoms with Crippen LogP contribution in [-0.2, 0) is 0 Å². The molecule has 4 aliphatic rings. The topological polar surface area (TPSA) is 7.65 Å². The van der Waals surface area contributed by atoms with Crippen LogP contribution in [0.4, 0.5) is 21.5 Å². The Bertz CT molecular complexity index is 2930. The van der Waals surface area contributed by atoms with Crippen molar-refractivity contribution in [2.45, 2.75) is 38.0 Å². The molecule has 7 aromatic carbocycles. The van der Waals surface area contributed by atoms with Gasteiger partial charge in [0.05, 0.1) is 16.6 Å². The second-order valence-corrected chi connectivity index (χ2v) is 17.1. The normalized spacial score (nSPS) is 21.2. The van der Waals surface area contributed by atoms with E-state index in [0.717, 1.165) is 46.3 Å². The zero-order valence-corrected chi connectivity index (χ0v) is 31.9. The van der Waals surface area contributed by atoms with Crippen molar-refractivity contribution < 1.29 is 4.39 Å². The fourth-order valence-corrected chi connectivity index (χ4v) is 11.9. The minimum absolute atomic E-state index is 0.228. The maximum absolute atomic E-state index is 14.3. The van der Waals surface area contributed by atoms with E-state index in [4.69, 9.17) is 0 Å². The lowest BCUT2D eigenvalue weighted by atomic mass is 9.51. The zero-order chi connectivity index (χ0) is 37.6. The minimum Gasteiger partial charge on any atom is -0.311 e. The molecular weight excluding hydrogens is 696 g/mol. The third kappa shape index (κ3) is 5.21. The predicted octanol–water partition coefficient (Wildman–Crippen LogP) is 14.9. The van der Waals surface area contributed by atoms with Crippen LogP contribution in [-0.4, -0.2) is 4.40 Å². The van der Waals surface area contributed by atoms with Gasteiger partial charge in [0.2, 0.25) is 0 Å². The lowest BCUT2D eigenvalue weighted by Gasteiger charge is -2.54. The minimum atomic E-state index is -0.228. The number of para-hydroxylation sites is 2. The summed E-state index contributed by atoms with van der Waals surface area (Å²) in [7, 11) is 0. The van der Waals surface area contributed by atoms with E-state index in [1.807, 2.05) is 12.1 Å². The summed E-state index contributed by atoms with van der Waals surface area (Å²) in [5, 5.41) is 4.97. The van der Waals surface area contributed by atoms with Gasteiger partial charge in [0.25, 0.3) is 0 Å². The molecule has 4 fully saturated rings. The first-order chi connectivity index (χ1) is 28.2. The Morgan fingerprint density at radius 2 is 0.982 bits per heavy atom. The molecule has 4 saturated carbocycles. The number of anilines is 3. The van der Waals surface area contributed by atoms with Gasteiger partial charge in [0.15, 0.2) is 0 Å². The summed E-state index contributed by atoms with van der Waals surface area (Å²) < 4.78 is 16.8. The molecule has 0 spiro atoms. The summed E-state index contributed by atoms with van der Waals surface area (Å²) in [5.74, 6) is 4.08. The number of benzene rings is 7. The van der Waals surface area contributed by atoms with Gasteiger partial charge in [-0.25, -0.2) is 4.39 Å². The highest BCUT2D eigenvalue weighted by Crippen LogP contribution is 2.60. The van der Waals surface area contributed by atoms with Gasteiger partial charge in [0.1, 0.15) is 5.82 Å². The largest absolute Gasteiger partial charge is 0.311 e. The van der Waals surface area contributed by atoms with Gasteiger partial charge in [0, 0.05) is 44.3 Å². The summed E-state index contributed by atoms with van der Waals surface area (Å²) >= 11 is 0. The van der Waals surface area contributed by atoms with E-state index in [2.05, 4.69) is 155 Å². The van der Waals surface area contributed by atoms with E-state index in [1.54, 1.807) is 12.1 Å². The number of hydrogen-bond donors (Lipinski definition) is 0. The molecule has 4 bridgehead atoms. The van der Waals surface area contributed by atoms with E-state index in [1.165, 1.54) is 92.5 Å². The second kappa shape index (κ2) is 12.9. The molecule has 2 nitrogen and oxygen atoms in total. The van der Waals surface area contributed by atoms with Crippen LogP contribution in [0.3, 0.4) is 0 Å². The summed E-state index contributed by atoms with van der Waals surface area (Å²) in [6, 6.07) is 60.5. The highest BCUT2D eigenvalue weighted by Gasteiger charge is 2.48. The molecule has 0 aliphatic heterocycles. The van der Waals surface area contributed by atoms with Crippen molar-refractivity contribution in [1.29, 1.82) is 0 Å². The highest BCUT2D eigenvalue weighted by atomic mass is 19.1. The Hall–Kier alpha value is -6.19. The Kier molecular flexibility index (Phi) is 7.48. The smallest absolute Gasteiger partial charge is 0.123 e. The van der Waals surface area contributed by atoms with Crippen molar-refractivity contribution in [2.75, 3.05) is 4.90 Å². The lowest BCUT2D eigenvalue weighted by molar-refractivity contribution is -0.00277. The molecule has 3 heteroatoms. The molecule has 2 aromatic heterocycles. The van der Waals surface area contributed by atoms with Crippen molar-refractivity contribution in [2.24, 2.45) is 23.7 Å². The van der Waals surface area contributed by atoms with Crippen LogP contribution < -0.4 is 4.90 Å². The molecule has 0 saturated heterocycles. The van der Waals surface area contributed by atoms with E-state index in [0.29, 0.717) is 5.92 Å². The van der Waals surface area contributed by atoms with Crippen LogP contribution in [0.15, 0.2) is 170 Å². The van der Waals surface area contributed by atoms with E-state index < -0.39 is 0 Å². The molecular formula is C54H43FN2. The standard InChI is InChI=1S/C54H43FN2/c55-41-21-27-44(28-22-41)56(43-25-19-38(20-26-43)51-39-30-34-29-35(32-39)33-40(51)31-34)42-23-17-36(18-24-42)45-14-8-15-47-46-11-4-5-12-48(46)54-52(37-9-2-1-3-10-37)49-13-6-7-16-50(49)57(54)53(45)47/h1-28,34-35,39-40,51H,29-33H2. The van der Waals surface area contributed by atoms with Gasteiger partial charge in [-0.2, -0.15) is 0 Å². The van der Waals surface area contributed by atoms with E-state index in [9.17, 15) is 4.39 Å². The highest BCUT2D eigenvalue weighted by molar-refractivity contribution is 6.23. The third-order valence-corrected chi connectivity index (χ3v) is 14.0. The predicted molar refractivity (Wildman–Crippen MR) is 235 cm³/mol. The maximum Gasteiger partial charge on any atom is 0.123 e. The zero-order valence-electron chi connectivity index (χ0n) is 31.9. The van der Waals surface area contributed by atoms with Crippen LogP contribution in [0, 0.1) is 29.5 Å². The number of nitrogens with zero attached hydrogens (tertiary/aromatic N) is 2. The number of rotatable bonds is 6. The maximum atomic E-state index is 14.3. The van der Waals surface area contributed by atoms with Gasteiger partial charge in [-0.05, 0) is 138 Å². The lowest BCUT2D eigenvalue weighted by Crippen LogP contribution is -2.43. The average Bonchev–Trinajstić information content (AvgIpc) is 3.61. The Morgan fingerprint density at radius 1 is 0.439 bits per heavy atom. The van der Waals surface area contributed by atoms with E-state index in [-0.39, 0.29) is 5.82 Å². The first-order valence-electron chi connectivity index (χ1n) is 20.8. The van der Waals surface area contributed by atoms with Crippen LogP contribution in [0.5, 0.6) is 0 Å². The molecule has 13 rings (SSSR count). The Morgan fingerprint density at radius 3 is 1.67 bits per heavy atom. The van der Waals surface area contributed by atoms with Gasteiger partial charge < -0.3 is 9.30 Å². The number of halogens is 1. The number of pyridine rings is 1. The Labute approximate surface area is 332 Å². The molecule has 4 aliphatic carbocycles. The second-order valence-electron chi connectivity index (χ2n) is 17.1. The van der Waals surface area contributed by atoms with Gasteiger partial charge in [-0.1, -0.05) is 115 Å². The van der Waals surface area contributed by atoms with Gasteiger partial charge in [-0.3, -0.25) is 0 Å². The SMILES string of the molecule is Fc1ccc(N(c2ccc(-c3cccc4c5ccccc5c5c(-c6ccccc6)c6ccccc6n5c34)cc2)c2ccc(C3C4CC5CC(C4)CC3C5)cc2)cc1. The molecule has 0 amide bonds. The Balaban J connectivity index is 1.00. The molecule has 0 radical (unpaired) electrons. The number of fused-ring (bicyclic) bond motifs is 8. The van der Waals surface area contributed by atoms with Crippen molar-refractivity contribution in [3.05, 3.63) is 181 Å². The molecule has 0 atom stereocenters. The molecule has 276 valence electrons. The summed E-state index contributed by atoms with van der Waals surface area (Å²) in [6.07, 6.45) is 7.15. The summed E-state index contributed by atoms with van der Waals surface area (Å²) in [6.45, 7) is 0. The quantitative estimate of drug-likeness (QED) is 0.154. The fraction of sp³-hybridized carbons (Fsp3) is 0.185. The van der Waals surface area contributed by atoms with Crippen LogP contribution in [0.1, 0.15) is 43.6 Å². The third-order valence-electron chi connectivity index (χ3n) is 14.0. The number of aromatic nitrogens is 1. The van der Waals surface area contributed by atoms with E-state index >= 15 is 0 Å². The van der Waals surface area contributed by atoms with Gasteiger partial charge >= 0.3 is 0 Å². The van der Waals surface area contributed by atoms with Crippen molar-refractivity contribution >= 4 is 55.2 Å². The van der Waals surface area contributed by atoms with Gasteiger partial charge in [-0.15, -0.1) is 0 Å². The van der Waals surface area contributed by atoms with Crippen molar-refractivity contribution in [1.82, 2.24) is 4.40 Å². The van der Waals surface area contributed by atoms with Crippen molar-refractivity contribution in [3.63, 3.8) is 0 Å². The molecule has 0 N–H and O–H groups in total. The summed E-state index contributed by atoms with van der Waals surface area (Å²) in [5.41, 5.74) is 13.0.